The highest BCUT2D eigenvalue weighted by molar-refractivity contribution is 6.29. The predicted molar refractivity (Wildman–Crippen MR) is 79.1 cm³/mol. The summed E-state index contributed by atoms with van der Waals surface area (Å²) in [6.07, 6.45) is 1.69. The summed E-state index contributed by atoms with van der Waals surface area (Å²) in [6.45, 7) is 7.09. The number of aliphatic hydroxyl groups is 1. The van der Waals surface area contributed by atoms with Crippen LogP contribution in [0, 0.1) is 0 Å². The first-order valence-electron chi connectivity index (χ1n) is 6.50. The maximum absolute atomic E-state index is 11.8. The zero-order chi connectivity index (χ0) is 15.3. The molecule has 0 radical (unpaired) electrons. The average molecular weight is 301 g/mol. The molecule has 1 rings (SSSR count). The van der Waals surface area contributed by atoms with Gasteiger partial charge >= 0.3 is 6.09 Å². The molecule has 0 aliphatic heterocycles. The normalized spacial score (nSPS) is 12.9. The van der Waals surface area contributed by atoms with E-state index in [1.807, 2.05) is 0 Å². The lowest BCUT2D eigenvalue weighted by molar-refractivity contribution is 0.0635. The van der Waals surface area contributed by atoms with Crippen LogP contribution in [-0.4, -0.2) is 27.9 Å². The Morgan fingerprint density at radius 2 is 2.20 bits per heavy atom. The molecular formula is C14H21ClN2O3. The molecule has 0 saturated carbocycles. The molecule has 1 unspecified atom stereocenters. The van der Waals surface area contributed by atoms with E-state index >= 15 is 0 Å². The van der Waals surface area contributed by atoms with Gasteiger partial charge in [0.1, 0.15) is 10.8 Å². The summed E-state index contributed by atoms with van der Waals surface area (Å²) >= 11 is 5.86. The summed E-state index contributed by atoms with van der Waals surface area (Å²) in [5.41, 5.74) is 0.796. The van der Waals surface area contributed by atoms with Gasteiger partial charge in [0, 0.05) is 0 Å². The first kappa shape index (κ1) is 16.7. The van der Waals surface area contributed by atoms with Gasteiger partial charge < -0.3 is 9.84 Å². The van der Waals surface area contributed by atoms with E-state index in [1.165, 1.54) is 6.20 Å². The van der Waals surface area contributed by atoms with Gasteiger partial charge in [-0.05, 0) is 52.2 Å². The minimum absolute atomic E-state index is 0.348. The molecule has 112 valence electrons. The van der Waals surface area contributed by atoms with Crippen molar-refractivity contribution in [2.75, 3.05) is 5.32 Å². The number of rotatable bonds is 4. The maximum atomic E-state index is 11.8. The summed E-state index contributed by atoms with van der Waals surface area (Å²) in [6, 6.07) is 1.68. The summed E-state index contributed by atoms with van der Waals surface area (Å²) in [4.78, 5) is 15.7. The van der Waals surface area contributed by atoms with Crippen molar-refractivity contribution in [1.29, 1.82) is 0 Å². The van der Waals surface area contributed by atoms with Gasteiger partial charge in [-0.3, -0.25) is 5.32 Å². The van der Waals surface area contributed by atoms with E-state index in [9.17, 15) is 9.90 Å². The van der Waals surface area contributed by atoms with E-state index in [-0.39, 0.29) is 0 Å². The highest BCUT2D eigenvalue weighted by Gasteiger charge is 2.17. The Labute approximate surface area is 124 Å². The number of ether oxygens (including phenoxy) is 1. The van der Waals surface area contributed by atoms with Crippen molar-refractivity contribution in [1.82, 2.24) is 4.98 Å². The SMILES string of the molecule is CC(O)CCc1cc(Cl)ncc1NC(=O)OC(C)(C)C. The number of nitrogens with zero attached hydrogens (tertiary/aromatic N) is 1. The monoisotopic (exact) mass is 300 g/mol. The van der Waals surface area contributed by atoms with E-state index in [1.54, 1.807) is 33.8 Å². The van der Waals surface area contributed by atoms with Crippen LogP contribution in [0.15, 0.2) is 12.3 Å². The van der Waals surface area contributed by atoms with E-state index < -0.39 is 17.8 Å². The third-order valence-corrected chi connectivity index (χ3v) is 2.63. The first-order valence-corrected chi connectivity index (χ1v) is 6.87. The van der Waals surface area contributed by atoms with Gasteiger partial charge in [-0.15, -0.1) is 0 Å². The largest absolute Gasteiger partial charge is 0.444 e. The number of anilines is 1. The first-order chi connectivity index (χ1) is 9.17. The summed E-state index contributed by atoms with van der Waals surface area (Å²) in [5, 5.41) is 12.3. The van der Waals surface area contributed by atoms with Gasteiger partial charge in [0.05, 0.1) is 18.0 Å². The molecule has 0 aliphatic carbocycles. The highest BCUT2D eigenvalue weighted by Crippen LogP contribution is 2.21. The van der Waals surface area contributed by atoms with Crippen molar-refractivity contribution in [3.8, 4) is 0 Å². The third kappa shape index (κ3) is 6.21. The number of carbonyl (C=O) groups is 1. The van der Waals surface area contributed by atoms with Crippen molar-refractivity contribution in [3.05, 3.63) is 23.0 Å². The number of aryl methyl sites for hydroxylation is 1. The molecule has 5 nitrogen and oxygen atoms in total. The van der Waals surface area contributed by atoms with Gasteiger partial charge in [0.2, 0.25) is 0 Å². The molecule has 1 atom stereocenters. The lowest BCUT2D eigenvalue weighted by Crippen LogP contribution is -2.27. The fourth-order valence-corrected chi connectivity index (χ4v) is 1.75. The highest BCUT2D eigenvalue weighted by atomic mass is 35.5. The quantitative estimate of drug-likeness (QED) is 0.836. The Morgan fingerprint density at radius 3 is 2.75 bits per heavy atom. The molecule has 20 heavy (non-hydrogen) atoms. The molecule has 6 heteroatoms. The second-order valence-electron chi connectivity index (χ2n) is 5.68. The van der Waals surface area contributed by atoms with Crippen molar-refractivity contribution in [2.24, 2.45) is 0 Å². The number of hydrogen-bond donors (Lipinski definition) is 2. The van der Waals surface area contributed by atoms with E-state index in [4.69, 9.17) is 16.3 Å². The summed E-state index contributed by atoms with van der Waals surface area (Å²) in [7, 11) is 0. The summed E-state index contributed by atoms with van der Waals surface area (Å²) in [5.74, 6) is 0. The molecule has 0 spiro atoms. The van der Waals surface area contributed by atoms with Gasteiger partial charge in [-0.25, -0.2) is 9.78 Å². The fraction of sp³-hybridized carbons (Fsp3) is 0.571. The van der Waals surface area contributed by atoms with Gasteiger partial charge in [-0.1, -0.05) is 11.6 Å². The van der Waals surface area contributed by atoms with Crippen LogP contribution in [0.25, 0.3) is 0 Å². The molecule has 0 aromatic carbocycles. The number of carbonyl (C=O) groups excluding carboxylic acids is 1. The standard InChI is InChI=1S/C14H21ClN2O3/c1-9(18)5-6-10-7-12(15)16-8-11(10)17-13(19)20-14(2,3)4/h7-9,18H,5-6H2,1-4H3,(H,17,19). The molecule has 2 N–H and O–H groups in total. The zero-order valence-electron chi connectivity index (χ0n) is 12.2. The number of pyridine rings is 1. The minimum Gasteiger partial charge on any atom is -0.444 e. The molecule has 0 aliphatic rings. The minimum atomic E-state index is -0.566. The van der Waals surface area contributed by atoms with Crippen molar-refractivity contribution in [3.63, 3.8) is 0 Å². The van der Waals surface area contributed by atoms with Gasteiger partial charge in [0.25, 0.3) is 0 Å². The molecule has 0 bridgehead atoms. The van der Waals surface area contributed by atoms with Crippen LogP contribution in [0.1, 0.15) is 39.7 Å². The molecule has 1 aromatic rings. The molecule has 1 heterocycles. The Bertz CT molecular complexity index is 470. The number of nitrogens with one attached hydrogen (secondary N) is 1. The number of aromatic nitrogens is 1. The number of amides is 1. The number of hydrogen-bond acceptors (Lipinski definition) is 4. The van der Waals surface area contributed by atoms with Crippen molar-refractivity contribution < 1.29 is 14.6 Å². The molecule has 0 saturated heterocycles. The van der Waals surface area contributed by atoms with Crippen LogP contribution < -0.4 is 5.32 Å². The van der Waals surface area contributed by atoms with Crippen LogP contribution in [-0.2, 0) is 11.2 Å². The lowest BCUT2D eigenvalue weighted by Gasteiger charge is -2.20. The Hall–Kier alpha value is -1.33. The van der Waals surface area contributed by atoms with E-state index in [0.717, 1.165) is 5.56 Å². The van der Waals surface area contributed by atoms with Crippen LogP contribution in [0.5, 0.6) is 0 Å². The topological polar surface area (TPSA) is 71.5 Å². The number of halogens is 1. The van der Waals surface area contributed by atoms with Crippen LogP contribution in [0.3, 0.4) is 0 Å². The molecule has 0 fully saturated rings. The Kier molecular flexibility index (Phi) is 5.77. The number of aliphatic hydroxyl groups excluding tert-OH is 1. The van der Waals surface area contributed by atoms with Gasteiger partial charge in [0.15, 0.2) is 0 Å². The molecule has 1 aromatic heterocycles. The van der Waals surface area contributed by atoms with Crippen LogP contribution in [0.2, 0.25) is 5.15 Å². The molecule has 1 amide bonds. The van der Waals surface area contributed by atoms with Crippen molar-refractivity contribution in [2.45, 2.75) is 52.2 Å². The smallest absolute Gasteiger partial charge is 0.412 e. The third-order valence-electron chi connectivity index (χ3n) is 2.42. The van der Waals surface area contributed by atoms with Crippen LogP contribution >= 0.6 is 11.6 Å². The summed E-state index contributed by atoms with van der Waals surface area (Å²) < 4.78 is 5.19. The Morgan fingerprint density at radius 1 is 1.55 bits per heavy atom. The van der Waals surface area contributed by atoms with E-state index in [2.05, 4.69) is 10.3 Å². The zero-order valence-corrected chi connectivity index (χ0v) is 13.0. The lowest BCUT2D eigenvalue weighted by atomic mass is 10.1. The average Bonchev–Trinajstić information content (AvgIpc) is 2.26. The maximum Gasteiger partial charge on any atom is 0.412 e. The van der Waals surface area contributed by atoms with E-state index in [0.29, 0.717) is 23.7 Å². The fourth-order valence-electron chi connectivity index (χ4n) is 1.57. The Balaban J connectivity index is 2.80. The van der Waals surface area contributed by atoms with Crippen molar-refractivity contribution >= 4 is 23.4 Å². The molecular weight excluding hydrogens is 280 g/mol. The van der Waals surface area contributed by atoms with Crippen LogP contribution in [0.4, 0.5) is 10.5 Å². The second-order valence-corrected chi connectivity index (χ2v) is 6.07. The van der Waals surface area contributed by atoms with Gasteiger partial charge in [-0.2, -0.15) is 0 Å². The second kappa shape index (κ2) is 6.90. The predicted octanol–water partition coefficient (Wildman–Crippen LogP) is 3.40.